The van der Waals surface area contributed by atoms with Crippen LogP contribution in [-0.4, -0.2) is 26.3 Å². The number of halogens is 1. The predicted molar refractivity (Wildman–Crippen MR) is 93.9 cm³/mol. The number of rotatable bonds is 3. The lowest BCUT2D eigenvalue weighted by atomic mass is 10.1. The zero-order valence-electron chi connectivity index (χ0n) is 13.1. The molecule has 0 atom stereocenters. The molecule has 0 fully saturated rings. The maximum Gasteiger partial charge on any atom is 0.212 e. The van der Waals surface area contributed by atoms with E-state index in [0.29, 0.717) is 11.4 Å². The maximum atomic E-state index is 13.5. The lowest BCUT2D eigenvalue weighted by Crippen LogP contribution is -2.13. The number of benzene rings is 2. The van der Waals surface area contributed by atoms with Crippen LogP contribution in [0.25, 0.3) is 11.4 Å². The first-order valence-electron chi connectivity index (χ1n) is 7.76. The molecule has 0 N–H and O–H groups in total. The minimum absolute atomic E-state index is 0.298. The van der Waals surface area contributed by atoms with Crippen LogP contribution in [0.5, 0.6) is 0 Å². The number of hydrogen-bond acceptors (Lipinski definition) is 4. The summed E-state index contributed by atoms with van der Waals surface area (Å²) < 4.78 is 15.2. The summed E-state index contributed by atoms with van der Waals surface area (Å²) in [5.74, 6) is 0.999. The van der Waals surface area contributed by atoms with Gasteiger partial charge in [0, 0.05) is 11.3 Å². The Balaban J connectivity index is 1.75. The van der Waals surface area contributed by atoms with Crippen molar-refractivity contribution in [1.82, 2.24) is 14.9 Å². The third kappa shape index (κ3) is 2.73. The molecule has 3 aromatic rings. The van der Waals surface area contributed by atoms with Gasteiger partial charge in [-0.3, -0.25) is 0 Å². The van der Waals surface area contributed by atoms with Crippen molar-refractivity contribution in [2.24, 2.45) is 5.10 Å². The molecule has 0 saturated heterocycles. The minimum Gasteiger partial charge on any atom is -0.207 e. The van der Waals surface area contributed by atoms with Crippen LogP contribution < -0.4 is 0 Å². The lowest BCUT2D eigenvalue weighted by Gasteiger charge is -2.14. The average Bonchev–Trinajstić information content (AvgIpc) is 3.05. The van der Waals surface area contributed by atoms with Crippen LogP contribution in [0.15, 0.2) is 58.8 Å². The molecule has 24 heavy (non-hydrogen) atoms. The van der Waals surface area contributed by atoms with Crippen molar-refractivity contribution >= 4 is 17.5 Å². The van der Waals surface area contributed by atoms with Gasteiger partial charge in [-0.25, -0.2) is 4.39 Å². The summed E-state index contributed by atoms with van der Waals surface area (Å²) in [5.41, 5.74) is 4.02. The number of thioether (sulfide) groups is 1. The van der Waals surface area contributed by atoms with E-state index < -0.39 is 0 Å². The fourth-order valence-corrected chi connectivity index (χ4v) is 3.45. The number of fused-ring (bicyclic) bond motifs is 1. The monoisotopic (exact) mass is 338 g/mol. The van der Waals surface area contributed by atoms with Gasteiger partial charge >= 0.3 is 0 Å². The first-order chi connectivity index (χ1) is 11.7. The van der Waals surface area contributed by atoms with Gasteiger partial charge in [0.1, 0.15) is 5.82 Å². The van der Waals surface area contributed by atoms with Crippen LogP contribution in [0.3, 0.4) is 0 Å². The highest BCUT2D eigenvalue weighted by molar-refractivity contribution is 7.99. The van der Waals surface area contributed by atoms with Crippen LogP contribution in [0.2, 0.25) is 0 Å². The van der Waals surface area contributed by atoms with Crippen molar-refractivity contribution in [3.05, 3.63) is 65.5 Å². The highest BCUT2D eigenvalue weighted by Gasteiger charge is 2.20. The van der Waals surface area contributed by atoms with Crippen LogP contribution in [0.1, 0.15) is 18.1 Å². The lowest BCUT2D eigenvalue weighted by molar-refractivity contribution is 0.628. The summed E-state index contributed by atoms with van der Waals surface area (Å²) in [5, 5.41) is 13.8. The van der Waals surface area contributed by atoms with Gasteiger partial charge in [0.25, 0.3) is 0 Å². The van der Waals surface area contributed by atoms with Gasteiger partial charge in [0.15, 0.2) is 5.82 Å². The van der Waals surface area contributed by atoms with Crippen molar-refractivity contribution in [2.75, 3.05) is 5.75 Å². The molecule has 1 aliphatic heterocycles. The van der Waals surface area contributed by atoms with Gasteiger partial charge in [-0.2, -0.15) is 9.78 Å². The summed E-state index contributed by atoms with van der Waals surface area (Å²) in [7, 11) is 0. The molecule has 4 nitrogen and oxygen atoms in total. The number of nitrogens with zero attached hydrogens (tertiary/aromatic N) is 4. The standard InChI is InChI=1S/C18H15FN4S/c1-2-12-6-8-13(9-7-12)16-11-24-18-21-20-17(23(18)22-16)14-4-3-5-15(19)10-14/h3-10H,2,11H2,1H3. The van der Waals surface area contributed by atoms with Crippen LogP contribution >= 0.6 is 11.8 Å². The van der Waals surface area contributed by atoms with Gasteiger partial charge in [-0.05, 0) is 29.7 Å². The Morgan fingerprint density at radius 2 is 1.92 bits per heavy atom. The van der Waals surface area contributed by atoms with E-state index in [4.69, 9.17) is 5.10 Å². The largest absolute Gasteiger partial charge is 0.212 e. The summed E-state index contributed by atoms with van der Waals surface area (Å²) >= 11 is 1.59. The van der Waals surface area contributed by atoms with Crippen molar-refractivity contribution in [3.8, 4) is 11.4 Å². The van der Waals surface area contributed by atoms with Gasteiger partial charge in [-0.1, -0.05) is 55.1 Å². The zero-order chi connectivity index (χ0) is 16.5. The molecule has 2 heterocycles. The van der Waals surface area contributed by atoms with E-state index in [1.54, 1.807) is 22.5 Å². The Hall–Kier alpha value is -2.47. The Labute approximate surface area is 143 Å². The molecule has 4 rings (SSSR count). The van der Waals surface area contributed by atoms with E-state index in [0.717, 1.165) is 28.6 Å². The number of aryl methyl sites for hydroxylation is 1. The van der Waals surface area contributed by atoms with Crippen LogP contribution in [0.4, 0.5) is 4.39 Å². The van der Waals surface area contributed by atoms with Crippen molar-refractivity contribution in [2.45, 2.75) is 18.5 Å². The summed E-state index contributed by atoms with van der Waals surface area (Å²) in [4.78, 5) is 0. The van der Waals surface area contributed by atoms with Gasteiger partial charge in [0.2, 0.25) is 5.16 Å². The third-order valence-corrected chi connectivity index (χ3v) is 4.88. The molecule has 0 aliphatic carbocycles. The topological polar surface area (TPSA) is 43.1 Å². The summed E-state index contributed by atoms with van der Waals surface area (Å²) in [6.07, 6.45) is 1.01. The van der Waals surface area contributed by atoms with Gasteiger partial charge < -0.3 is 0 Å². The number of hydrogen-bond donors (Lipinski definition) is 0. The second-order valence-corrected chi connectivity index (χ2v) is 6.46. The summed E-state index contributed by atoms with van der Waals surface area (Å²) in [6, 6.07) is 14.8. The SMILES string of the molecule is CCc1ccc(C2=Nn3c(nnc3-c3cccc(F)c3)SC2)cc1. The molecular formula is C18H15FN4S. The molecule has 6 heteroatoms. The van der Waals surface area contributed by atoms with Crippen molar-refractivity contribution in [1.29, 1.82) is 0 Å². The van der Waals surface area contributed by atoms with Crippen LogP contribution in [-0.2, 0) is 6.42 Å². The van der Waals surface area contributed by atoms with Crippen LogP contribution in [0, 0.1) is 5.82 Å². The average molecular weight is 338 g/mol. The van der Waals surface area contributed by atoms with E-state index in [1.807, 2.05) is 6.07 Å². The molecule has 0 saturated carbocycles. The van der Waals surface area contributed by atoms with E-state index in [9.17, 15) is 4.39 Å². The van der Waals surface area contributed by atoms with E-state index in [2.05, 4.69) is 41.4 Å². The smallest absolute Gasteiger partial charge is 0.207 e. The molecule has 2 aromatic carbocycles. The molecule has 0 amide bonds. The molecule has 0 spiro atoms. The van der Waals surface area contributed by atoms with Crippen molar-refractivity contribution in [3.63, 3.8) is 0 Å². The maximum absolute atomic E-state index is 13.5. The predicted octanol–water partition coefficient (Wildman–Crippen LogP) is 4.00. The molecule has 1 aliphatic rings. The first kappa shape index (κ1) is 15.1. The second-order valence-electron chi connectivity index (χ2n) is 5.51. The van der Waals surface area contributed by atoms with E-state index in [1.165, 1.54) is 17.7 Å². The third-order valence-electron chi connectivity index (χ3n) is 3.95. The van der Waals surface area contributed by atoms with Gasteiger partial charge in [0.05, 0.1) is 5.71 Å². The Morgan fingerprint density at radius 1 is 1.08 bits per heavy atom. The Morgan fingerprint density at radius 3 is 2.67 bits per heavy atom. The Bertz CT molecular complexity index is 915. The molecule has 0 unspecified atom stereocenters. The molecule has 0 bridgehead atoms. The van der Waals surface area contributed by atoms with E-state index in [-0.39, 0.29) is 5.82 Å². The Kier molecular flexibility index (Phi) is 3.90. The fraction of sp³-hybridized carbons (Fsp3) is 0.167. The fourth-order valence-electron chi connectivity index (χ4n) is 2.61. The summed E-state index contributed by atoms with van der Waals surface area (Å²) in [6.45, 7) is 2.14. The van der Waals surface area contributed by atoms with Gasteiger partial charge in [-0.15, -0.1) is 10.2 Å². The number of aromatic nitrogens is 3. The molecule has 0 radical (unpaired) electrons. The quantitative estimate of drug-likeness (QED) is 0.725. The van der Waals surface area contributed by atoms with E-state index >= 15 is 0 Å². The minimum atomic E-state index is -0.298. The zero-order valence-corrected chi connectivity index (χ0v) is 13.9. The normalized spacial score (nSPS) is 13.5. The highest BCUT2D eigenvalue weighted by Crippen LogP contribution is 2.28. The molecule has 120 valence electrons. The molecule has 1 aromatic heterocycles. The second kappa shape index (κ2) is 6.20. The van der Waals surface area contributed by atoms with Crippen molar-refractivity contribution < 1.29 is 4.39 Å². The first-order valence-corrected chi connectivity index (χ1v) is 8.74. The highest BCUT2D eigenvalue weighted by atomic mass is 32.2. The molecular weight excluding hydrogens is 323 g/mol.